The highest BCUT2D eigenvalue weighted by molar-refractivity contribution is 5.99. The average Bonchev–Trinajstić information content (AvgIpc) is 2.73. The second-order valence-electron chi connectivity index (χ2n) is 7.24. The maximum atomic E-state index is 13.4. The van der Waals surface area contributed by atoms with Crippen LogP contribution in [0.3, 0.4) is 0 Å². The molecule has 2 heterocycles. The molecule has 31 heavy (non-hydrogen) atoms. The number of nitrogens with one attached hydrogen (secondary N) is 1. The van der Waals surface area contributed by atoms with Gasteiger partial charge in [-0.1, -0.05) is 0 Å². The minimum Gasteiger partial charge on any atom is -0.342 e. The molecule has 1 saturated heterocycles. The predicted molar refractivity (Wildman–Crippen MR) is 106 cm³/mol. The highest BCUT2D eigenvalue weighted by Crippen LogP contribution is 2.32. The largest absolute Gasteiger partial charge is 0.416 e. The van der Waals surface area contributed by atoms with Gasteiger partial charge in [0.25, 0.3) is 5.91 Å². The molecule has 0 saturated carbocycles. The molecule has 1 N–H and O–H groups in total. The Hall–Kier alpha value is -3.43. The molecule has 0 bridgehead atoms. The first-order valence-electron chi connectivity index (χ1n) is 9.58. The van der Waals surface area contributed by atoms with Gasteiger partial charge in [-0.2, -0.15) is 13.2 Å². The number of halogens is 3. The Balaban J connectivity index is 1.77. The van der Waals surface area contributed by atoms with Crippen molar-refractivity contribution in [2.45, 2.75) is 19.0 Å². The first-order chi connectivity index (χ1) is 14.6. The number of likely N-dealkylation sites (N-methyl/N-ethyl adjacent to an activating group) is 1. The summed E-state index contributed by atoms with van der Waals surface area (Å²) in [6.45, 7) is 0.298. The number of rotatable bonds is 5. The van der Waals surface area contributed by atoms with Crippen LogP contribution in [-0.2, 0) is 22.2 Å². The number of anilines is 1. The minimum absolute atomic E-state index is 0.0521. The van der Waals surface area contributed by atoms with Crippen LogP contribution in [0.1, 0.15) is 27.9 Å². The summed E-state index contributed by atoms with van der Waals surface area (Å²) >= 11 is 0. The van der Waals surface area contributed by atoms with Crippen LogP contribution in [0.25, 0.3) is 0 Å². The number of benzene rings is 1. The number of alkyl halides is 3. The Labute approximate surface area is 176 Å². The second kappa shape index (κ2) is 9.15. The minimum atomic E-state index is -4.70. The van der Waals surface area contributed by atoms with Crippen molar-refractivity contribution in [3.8, 4) is 0 Å². The van der Waals surface area contributed by atoms with Gasteiger partial charge in [-0.05, 0) is 42.3 Å². The number of hydrogen-bond donors (Lipinski definition) is 1. The number of amides is 3. The van der Waals surface area contributed by atoms with Crippen molar-refractivity contribution in [3.05, 3.63) is 59.4 Å². The first kappa shape index (κ1) is 22.3. The van der Waals surface area contributed by atoms with E-state index in [-0.39, 0.29) is 36.7 Å². The molecule has 1 aromatic carbocycles. The molecule has 1 aliphatic heterocycles. The molecule has 3 amide bonds. The Kier molecular flexibility index (Phi) is 6.57. The molecule has 10 heteroatoms. The summed E-state index contributed by atoms with van der Waals surface area (Å²) in [5.41, 5.74) is -0.553. The molecule has 2 aromatic rings. The molecule has 0 atom stereocenters. The summed E-state index contributed by atoms with van der Waals surface area (Å²) in [5.74, 6) is -1.47. The molecular weight excluding hydrogens is 413 g/mol. The van der Waals surface area contributed by atoms with Crippen molar-refractivity contribution in [3.63, 3.8) is 0 Å². The van der Waals surface area contributed by atoms with E-state index in [1.165, 1.54) is 15.9 Å². The van der Waals surface area contributed by atoms with Crippen molar-refractivity contribution in [1.29, 1.82) is 0 Å². The Morgan fingerprint density at radius 1 is 1.13 bits per heavy atom. The first-order valence-corrected chi connectivity index (χ1v) is 9.58. The quantitative estimate of drug-likeness (QED) is 0.784. The van der Waals surface area contributed by atoms with E-state index in [4.69, 9.17) is 0 Å². The van der Waals surface area contributed by atoms with Crippen molar-refractivity contribution < 1.29 is 27.6 Å². The molecule has 7 nitrogen and oxygen atoms in total. The van der Waals surface area contributed by atoms with Crippen LogP contribution < -0.4 is 5.32 Å². The maximum absolute atomic E-state index is 13.4. The van der Waals surface area contributed by atoms with Crippen molar-refractivity contribution in [2.75, 3.05) is 32.0 Å². The third-order valence-electron chi connectivity index (χ3n) is 4.93. The number of hydrogen-bond acceptors (Lipinski definition) is 4. The molecule has 1 aliphatic rings. The molecule has 0 radical (unpaired) electrons. The van der Waals surface area contributed by atoms with Crippen LogP contribution in [0.4, 0.5) is 18.9 Å². The molecule has 0 unspecified atom stereocenters. The molecule has 0 spiro atoms. The lowest BCUT2D eigenvalue weighted by Gasteiger charge is -2.32. The molecule has 164 valence electrons. The van der Waals surface area contributed by atoms with E-state index in [1.54, 1.807) is 31.6 Å². The number of aromatic nitrogens is 1. The lowest BCUT2D eigenvalue weighted by Crippen LogP contribution is -2.50. The summed E-state index contributed by atoms with van der Waals surface area (Å²) in [6, 6.07) is 6.20. The summed E-state index contributed by atoms with van der Waals surface area (Å²) in [7, 11) is 1.59. The summed E-state index contributed by atoms with van der Waals surface area (Å²) in [5, 5.41) is 2.44. The summed E-state index contributed by atoms with van der Waals surface area (Å²) in [6.07, 6.45) is -1.09. The van der Waals surface area contributed by atoms with Gasteiger partial charge in [-0.3, -0.25) is 19.4 Å². The zero-order chi connectivity index (χ0) is 22.6. The smallest absolute Gasteiger partial charge is 0.342 e. The van der Waals surface area contributed by atoms with E-state index in [1.807, 2.05) is 0 Å². The highest BCUT2D eigenvalue weighted by Gasteiger charge is 2.33. The number of carbonyl (C=O) groups excluding carboxylic acids is 3. The third kappa shape index (κ3) is 5.80. The normalized spacial score (nSPS) is 14.5. The molecular formula is C21H21F3N4O3. The zero-order valence-corrected chi connectivity index (χ0v) is 16.8. The molecule has 1 fully saturated rings. The van der Waals surface area contributed by atoms with Crippen molar-refractivity contribution in [2.24, 2.45) is 0 Å². The number of pyridine rings is 1. The summed E-state index contributed by atoms with van der Waals surface area (Å²) in [4.78, 5) is 43.4. The Morgan fingerprint density at radius 3 is 2.48 bits per heavy atom. The lowest BCUT2D eigenvalue weighted by molar-refractivity contribution is -0.137. The van der Waals surface area contributed by atoms with E-state index in [2.05, 4.69) is 10.3 Å². The van der Waals surface area contributed by atoms with Gasteiger partial charge in [0.2, 0.25) is 11.8 Å². The van der Waals surface area contributed by atoms with Crippen LogP contribution in [0.15, 0.2) is 42.7 Å². The van der Waals surface area contributed by atoms with Gasteiger partial charge >= 0.3 is 6.18 Å². The standard InChI is InChI=1S/C21H21F3N4O3/c1-27-8-9-28(13-19(27)30)20(31)15-10-16(21(22,23)24)12-17(11-15)26-18(29)3-2-14-4-6-25-7-5-14/h4-7,10-12H,2-3,8-9,13H2,1H3,(H,26,29). The zero-order valence-electron chi connectivity index (χ0n) is 16.8. The van der Waals surface area contributed by atoms with Gasteiger partial charge < -0.3 is 15.1 Å². The second-order valence-corrected chi connectivity index (χ2v) is 7.24. The van der Waals surface area contributed by atoms with Gasteiger partial charge in [0.15, 0.2) is 0 Å². The van der Waals surface area contributed by atoms with Crippen LogP contribution >= 0.6 is 0 Å². The topological polar surface area (TPSA) is 82.6 Å². The molecule has 3 rings (SSSR count). The van der Waals surface area contributed by atoms with Crippen LogP contribution in [-0.4, -0.2) is 59.2 Å². The fourth-order valence-electron chi connectivity index (χ4n) is 3.13. The third-order valence-corrected chi connectivity index (χ3v) is 4.93. The Morgan fingerprint density at radius 2 is 1.84 bits per heavy atom. The van der Waals surface area contributed by atoms with E-state index in [9.17, 15) is 27.6 Å². The van der Waals surface area contributed by atoms with Crippen LogP contribution in [0, 0.1) is 0 Å². The lowest BCUT2D eigenvalue weighted by atomic mass is 10.1. The van der Waals surface area contributed by atoms with Gasteiger partial charge in [0.05, 0.1) is 5.56 Å². The predicted octanol–water partition coefficient (Wildman–Crippen LogP) is 2.59. The number of piperazine rings is 1. The van der Waals surface area contributed by atoms with Crippen molar-refractivity contribution in [1.82, 2.24) is 14.8 Å². The summed E-state index contributed by atoms with van der Waals surface area (Å²) < 4.78 is 40.1. The number of carbonyl (C=O) groups is 3. The highest BCUT2D eigenvalue weighted by atomic mass is 19.4. The van der Waals surface area contributed by atoms with Gasteiger partial charge in [0.1, 0.15) is 6.54 Å². The molecule has 1 aromatic heterocycles. The van der Waals surface area contributed by atoms with Gasteiger partial charge in [-0.25, -0.2) is 0 Å². The Bertz CT molecular complexity index is 980. The maximum Gasteiger partial charge on any atom is 0.416 e. The molecule has 0 aliphatic carbocycles. The van der Waals surface area contributed by atoms with Crippen molar-refractivity contribution >= 4 is 23.4 Å². The monoisotopic (exact) mass is 434 g/mol. The fraction of sp³-hybridized carbons (Fsp3) is 0.333. The number of nitrogens with zero attached hydrogens (tertiary/aromatic N) is 3. The number of aryl methyl sites for hydroxylation is 1. The SMILES string of the molecule is CN1CCN(C(=O)c2cc(NC(=O)CCc3ccncc3)cc(C(F)(F)F)c2)CC1=O. The van der Waals surface area contributed by atoms with E-state index < -0.39 is 23.6 Å². The van der Waals surface area contributed by atoms with Crippen LogP contribution in [0.2, 0.25) is 0 Å². The average molecular weight is 434 g/mol. The van der Waals surface area contributed by atoms with E-state index >= 15 is 0 Å². The fourth-order valence-corrected chi connectivity index (χ4v) is 3.13. The van der Waals surface area contributed by atoms with Gasteiger partial charge in [-0.15, -0.1) is 0 Å². The van der Waals surface area contributed by atoms with Gasteiger partial charge in [0, 0.05) is 50.2 Å². The van der Waals surface area contributed by atoms with E-state index in [0.29, 0.717) is 13.0 Å². The van der Waals surface area contributed by atoms with Crippen LogP contribution in [0.5, 0.6) is 0 Å². The van der Waals surface area contributed by atoms with E-state index in [0.717, 1.165) is 17.7 Å².